The van der Waals surface area contributed by atoms with Gasteiger partial charge in [0.15, 0.2) is 0 Å². The lowest BCUT2D eigenvalue weighted by atomic mass is 9.87. The van der Waals surface area contributed by atoms with Gasteiger partial charge in [0, 0.05) is 19.3 Å². The molecule has 1 saturated carbocycles. The van der Waals surface area contributed by atoms with Crippen LogP contribution in [-0.2, 0) is 4.74 Å². The maximum atomic E-state index is 5.51. The molecule has 1 aromatic carbocycles. The fraction of sp³-hybridized carbons (Fsp3) is 0.647. The molecule has 0 aromatic heterocycles. The molecule has 1 heterocycles. The maximum Gasteiger partial charge on any atom is 0.0469 e. The number of hydrogen-bond acceptors (Lipinski definition) is 2. The first-order valence-electron chi connectivity index (χ1n) is 7.76. The number of nitrogens with one attached hydrogen (secondary N) is 1. The van der Waals surface area contributed by atoms with Crippen LogP contribution in [0.2, 0.25) is 0 Å². The second-order valence-electron chi connectivity index (χ2n) is 5.95. The summed E-state index contributed by atoms with van der Waals surface area (Å²) in [5.74, 6) is 2.44. The Bertz CT molecular complexity index is 386. The molecule has 3 rings (SSSR count). The van der Waals surface area contributed by atoms with E-state index >= 15 is 0 Å². The monoisotopic (exact) mass is 259 g/mol. The number of hydrogen-bond donors (Lipinski definition) is 1. The third kappa shape index (κ3) is 3.01. The van der Waals surface area contributed by atoms with Crippen molar-refractivity contribution in [1.29, 1.82) is 0 Å². The average Bonchev–Trinajstić information content (AvgIpc) is 3.27. The Hall–Kier alpha value is -0.860. The molecule has 19 heavy (non-hydrogen) atoms. The Kier molecular flexibility index (Phi) is 4.19. The molecule has 1 aromatic rings. The van der Waals surface area contributed by atoms with Crippen LogP contribution < -0.4 is 5.32 Å². The molecule has 2 heteroatoms. The third-order valence-electron chi connectivity index (χ3n) is 4.74. The highest BCUT2D eigenvalue weighted by Crippen LogP contribution is 2.51. The van der Waals surface area contributed by atoms with E-state index in [1.807, 2.05) is 0 Å². The van der Waals surface area contributed by atoms with E-state index < -0.39 is 0 Å². The van der Waals surface area contributed by atoms with E-state index in [1.165, 1.54) is 24.8 Å². The van der Waals surface area contributed by atoms with Crippen molar-refractivity contribution in [3.8, 4) is 0 Å². The molecule has 3 unspecified atom stereocenters. The van der Waals surface area contributed by atoms with Crippen molar-refractivity contribution >= 4 is 0 Å². The van der Waals surface area contributed by atoms with Gasteiger partial charge in [0.1, 0.15) is 0 Å². The molecular weight excluding hydrogens is 234 g/mol. The Morgan fingerprint density at radius 2 is 1.95 bits per heavy atom. The van der Waals surface area contributed by atoms with E-state index in [9.17, 15) is 0 Å². The molecule has 104 valence electrons. The number of rotatable bonds is 5. The van der Waals surface area contributed by atoms with Crippen LogP contribution in [0.5, 0.6) is 0 Å². The zero-order chi connectivity index (χ0) is 13.1. The molecule has 3 atom stereocenters. The summed E-state index contributed by atoms with van der Waals surface area (Å²) in [5, 5.41) is 3.76. The van der Waals surface area contributed by atoms with Crippen LogP contribution in [0, 0.1) is 11.8 Å². The van der Waals surface area contributed by atoms with Crippen LogP contribution in [0.4, 0.5) is 0 Å². The molecule has 2 fully saturated rings. The Morgan fingerprint density at radius 1 is 1.21 bits per heavy atom. The molecule has 1 aliphatic heterocycles. The molecule has 0 spiro atoms. The zero-order valence-electron chi connectivity index (χ0n) is 11.8. The first-order chi connectivity index (χ1) is 9.40. The number of ether oxygens (including phenoxy) is 1. The highest BCUT2D eigenvalue weighted by molar-refractivity contribution is 5.27. The fourth-order valence-electron chi connectivity index (χ4n) is 3.67. The van der Waals surface area contributed by atoms with Crippen molar-refractivity contribution in [1.82, 2.24) is 5.32 Å². The Labute approximate surface area is 116 Å². The second-order valence-corrected chi connectivity index (χ2v) is 5.95. The lowest BCUT2D eigenvalue weighted by molar-refractivity contribution is 0.0506. The minimum atomic E-state index is 0.694. The molecule has 2 aliphatic rings. The van der Waals surface area contributed by atoms with E-state index in [4.69, 9.17) is 4.74 Å². The van der Waals surface area contributed by atoms with Gasteiger partial charge in [-0.2, -0.15) is 0 Å². The second kappa shape index (κ2) is 6.06. The summed E-state index contributed by atoms with van der Waals surface area (Å²) in [6, 6.07) is 11.7. The van der Waals surface area contributed by atoms with Gasteiger partial charge in [0.2, 0.25) is 0 Å². The van der Waals surface area contributed by atoms with E-state index in [-0.39, 0.29) is 0 Å². The predicted molar refractivity (Wildman–Crippen MR) is 78.3 cm³/mol. The molecule has 1 saturated heterocycles. The smallest absolute Gasteiger partial charge is 0.0469 e. The van der Waals surface area contributed by atoms with E-state index in [0.29, 0.717) is 6.04 Å². The Balaban J connectivity index is 1.65. The summed E-state index contributed by atoms with van der Waals surface area (Å²) >= 11 is 0. The van der Waals surface area contributed by atoms with Crippen molar-refractivity contribution in [2.75, 3.05) is 19.8 Å². The lowest BCUT2D eigenvalue weighted by Crippen LogP contribution is -2.41. The summed E-state index contributed by atoms with van der Waals surface area (Å²) in [4.78, 5) is 0. The van der Waals surface area contributed by atoms with Crippen LogP contribution in [-0.4, -0.2) is 25.8 Å². The quantitative estimate of drug-likeness (QED) is 0.877. The van der Waals surface area contributed by atoms with Gasteiger partial charge < -0.3 is 10.1 Å². The minimum Gasteiger partial charge on any atom is -0.381 e. The molecule has 2 nitrogen and oxygen atoms in total. The van der Waals surface area contributed by atoms with Crippen LogP contribution in [0.25, 0.3) is 0 Å². The minimum absolute atomic E-state index is 0.694. The summed E-state index contributed by atoms with van der Waals surface area (Å²) in [6.07, 6.45) is 3.82. The van der Waals surface area contributed by atoms with Gasteiger partial charge in [-0.05, 0) is 49.1 Å². The highest BCUT2D eigenvalue weighted by Gasteiger charge is 2.46. The van der Waals surface area contributed by atoms with Gasteiger partial charge in [-0.25, -0.2) is 0 Å². The lowest BCUT2D eigenvalue weighted by Gasteiger charge is -2.31. The van der Waals surface area contributed by atoms with Gasteiger partial charge in [0.25, 0.3) is 0 Å². The molecule has 0 bridgehead atoms. The maximum absolute atomic E-state index is 5.51. The topological polar surface area (TPSA) is 21.3 Å². The number of benzene rings is 1. The first-order valence-corrected chi connectivity index (χ1v) is 7.76. The van der Waals surface area contributed by atoms with Crippen LogP contribution >= 0.6 is 0 Å². The van der Waals surface area contributed by atoms with Crippen molar-refractivity contribution in [2.45, 2.75) is 38.1 Å². The predicted octanol–water partition coefficient (Wildman–Crippen LogP) is 3.19. The standard InChI is InChI=1S/C17H25NO/c1-2-18-17(14-8-10-19-11-9-14)16-12-15(16)13-6-4-3-5-7-13/h3-7,14-18H,2,8-12H2,1H3. The fourth-order valence-corrected chi connectivity index (χ4v) is 3.67. The largest absolute Gasteiger partial charge is 0.381 e. The van der Waals surface area contributed by atoms with Crippen LogP contribution in [0.1, 0.15) is 37.7 Å². The first kappa shape index (κ1) is 13.1. The van der Waals surface area contributed by atoms with Crippen molar-refractivity contribution in [3.05, 3.63) is 35.9 Å². The summed E-state index contributed by atoms with van der Waals surface area (Å²) in [7, 11) is 0. The third-order valence-corrected chi connectivity index (χ3v) is 4.74. The highest BCUT2D eigenvalue weighted by atomic mass is 16.5. The van der Waals surface area contributed by atoms with Gasteiger partial charge in [-0.15, -0.1) is 0 Å². The average molecular weight is 259 g/mol. The van der Waals surface area contributed by atoms with Crippen molar-refractivity contribution in [3.63, 3.8) is 0 Å². The van der Waals surface area contributed by atoms with Crippen molar-refractivity contribution in [2.24, 2.45) is 11.8 Å². The van der Waals surface area contributed by atoms with Gasteiger partial charge in [0.05, 0.1) is 0 Å². The van der Waals surface area contributed by atoms with Gasteiger partial charge >= 0.3 is 0 Å². The van der Waals surface area contributed by atoms with Gasteiger partial charge in [-0.3, -0.25) is 0 Å². The molecule has 0 amide bonds. The molecule has 1 aliphatic carbocycles. The Morgan fingerprint density at radius 3 is 2.63 bits per heavy atom. The van der Waals surface area contributed by atoms with Gasteiger partial charge in [-0.1, -0.05) is 37.3 Å². The van der Waals surface area contributed by atoms with Crippen molar-refractivity contribution < 1.29 is 4.74 Å². The summed E-state index contributed by atoms with van der Waals surface area (Å²) in [6.45, 7) is 5.22. The van der Waals surface area contributed by atoms with Crippen LogP contribution in [0.3, 0.4) is 0 Å². The van der Waals surface area contributed by atoms with E-state index in [0.717, 1.165) is 37.5 Å². The normalized spacial score (nSPS) is 29.1. The summed E-state index contributed by atoms with van der Waals surface area (Å²) in [5.41, 5.74) is 1.53. The SMILES string of the molecule is CCNC(C1CCOCC1)C1CC1c1ccccc1. The molecular formula is C17H25NO. The zero-order valence-corrected chi connectivity index (χ0v) is 11.8. The van der Waals surface area contributed by atoms with Crippen LogP contribution in [0.15, 0.2) is 30.3 Å². The van der Waals surface area contributed by atoms with E-state index in [1.54, 1.807) is 0 Å². The molecule has 0 radical (unpaired) electrons. The van der Waals surface area contributed by atoms with E-state index in [2.05, 4.69) is 42.6 Å². The molecule has 1 N–H and O–H groups in total. The summed E-state index contributed by atoms with van der Waals surface area (Å²) < 4.78 is 5.51.